The van der Waals surface area contributed by atoms with Crippen molar-refractivity contribution in [1.29, 1.82) is 0 Å². The maximum absolute atomic E-state index is 5.90. The lowest BCUT2D eigenvalue weighted by molar-refractivity contribution is 0.686. The van der Waals surface area contributed by atoms with Crippen molar-refractivity contribution in [2.45, 2.75) is 38.0 Å². The molecule has 0 spiro atoms. The van der Waals surface area contributed by atoms with E-state index in [-0.39, 0.29) is 5.41 Å². The number of nitrogens with one attached hydrogen (secondary N) is 1. The van der Waals surface area contributed by atoms with Gasteiger partial charge < -0.3 is 10.7 Å². The van der Waals surface area contributed by atoms with Crippen LogP contribution in [-0.4, -0.2) is 11.5 Å². The fourth-order valence-corrected chi connectivity index (χ4v) is 2.70. The molecule has 0 bridgehead atoms. The number of rotatable bonds is 3. The second-order valence-corrected chi connectivity index (χ2v) is 5.63. The molecular formula is C15H20N2. The topological polar surface area (TPSA) is 41.8 Å². The molecule has 0 amide bonds. The van der Waals surface area contributed by atoms with Gasteiger partial charge in [-0.3, -0.25) is 0 Å². The van der Waals surface area contributed by atoms with Crippen molar-refractivity contribution in [3.63, 3.8) is 0 Å². The zero-order valence-corrected chi connectivity index (χ0v) is 10.6. The van der Waals surface area contributed by atoms with Gasteiger partial charge in [0, 0.05) is 28.6 Å². The first-order valence-corrected chi connectivity index (χ1v) is 6.48. The summed E-state index contributed by atoms with van der Waals surface area (Å²) in [5.41, 5.74) is 10.2. The molecule has 2 heteroatoms. The second kappa shape index (κ2) is 3.61. The minimum atomic E-state index is 0.257. The van der Waals surface area contributed by atoms with Crippen molar-refractivity contribution in [2.75, 3.05) is 6.54 Å². The SMILES string of the molecule is CC(C)c1cccc2[nH]c(C3(CN)CC3)cc12. The molecule has 1 heterocycles. The van der Waals surface area contributed by atoms with Gasteiger partial charge in [0.05, 0.1) is 0 Å². The van der Waals surface area contributed by atoms with E-state index in [4.69, 9.17) is 5.73 Å². The van der Waals surface area contributed by atoms with Crippen LogP contribution in [0.4, 0.5) is 0 Å². The Morgan fingerprint density at radius 1 is 1.35 bits per heavy atom. The lowest BCUT2D eigenvalue weighted by Gasteiger charge is -2.08. The molecule has 1 aromatic carbocycles. The molecule has 0 atom stereocenters. The van der Waals surface area contributed by atoms with Gasteiger partial charge in [-0.15, -0.1) is 0 Å². The van der Waals surface area contributed by atoms with Crippen LogP contribution in [0.1, 0.15) is 43.9 Å². The van der Waals surface area contributed by atoms with E-state index in [0.717, 1.165) is 6.54 Å². The molecule has 1 aromatic heterocycles. The molecule has 2 nitrogen and oxygen atoms in total. The van der Waals surface area contributed by atoms with Gasteiger partial charge in [-0.05, 0) is 36.5 Å². The van der Waals surface area contributed by atoms with Gasteiger partial charge >= 0.3 is 0 Å². The summed E-state index contributed by atoms with van der Waals surface area (Å²) in [4.78, 5) is 3.56. The largest absolute Gasteiger partial charge is 0.358 e. The summed E-state index contributed by atoms with van der Waals surface area (Å²) in [6.45, 7) is 5.26. The van der Waals surface area contributed by atoms with Gasteiger partial charge in [0.1, 0.15) is 0 Å². The van der Waals surface area contributed by atoms with Gasteiger partial charge in [-0.2, -0.15) is 0 Å². The lowest BCUT2D eigenvalue weighted by atomic mass is 9.98. The Bertz CT molecular complexity index is 547. The third-order valence-electron chi connectivity index (χ3n) is 4.14. The molecule has 0 saturated heterocycles. The van der Waals surface area contributed by atoms with E-state index in [0.29, 0.717) is 5.92 Å². The summed E-state index contributed by atoms with van der Waals surface area (Å²) in [6.07, 6.45) is 2.46. The zero-order valence-electron chi connectivity index (χ0n) is 10.6. The van der Waals surface area contributed by atoms with Crippen molar-refractivity contribution in [3.05, 3.63) is 35.5 Å². The van der Waals surface area contributed by atoms with Crippen LogP contribution in [0.15, 0.2) is 24.3 Å². The molecule has 90 valence electrons. The maximum Gasteiger partial charge on any atom is 0.0459 e. The summed E-state index contributed by atoms with van der Waals surface area (Å²) < 4.78 is 0. The Labute approximate surface area is 102 Å². The minimum Gasteiger partial charge on any atom is -0.358 e. The Hall–Kier alpha value is -1.28. The molecule has 2 aromatic rings. The fourth-order valence-electron chi connectivity index (χ4n) is 2.70. The average Bonchev–Trinajstić information content (AvgIpc) is 3.00. The highest BCUT2D eigenvalue weighted by Gasteiger charge is 2.44. The summed E-state index contributed by atoms with van der Waals surface area (Å²) in [6, 6.07) is 8.86. The predicted octanol–water partition coefficient (Wildman–Crippen LogP) is 3.28. The molecule has 3 rings (SSSR count). The molecule has 1 saturated carbocycles. The number of benzene rings is 1. The Balaban J connectivity index is 2.16. The third kappa shape index (κ3) is 1.59. The number of aromatic amines is 1. The standard InChI is InChI=1S/C15H20N2/c1-10(2)11-4-3-5-13-12(11)8-14(17-13)15(9-16)6-7-15/h3-5,8,10,17H,6-7,9,16H2,1-2H3. The van der Waals surface area contributed by atoms with Crippen molar-refractivity contribution in [3.8, 4) is 0 Å². The van der Waals surface area contributed by atoms with Gasteiger partial charge in [0.25, 0.3) is 0 Å². The van der Waals surface area contributed by atoms with Gasteiger partial charge in [-0.1, -0.05) is 26.0 Å². The number of hydrogen-bond donors (Lipinski definition) is 2. The van der Waals surface area contributed by atoms with Crippen LogP contribution in [-0.2, 0) is 5.41 Å². The minimum absolute atomic E-state index is 0.257. The summed E-state index contributed by atoms with van der Waals surface area (Å²) >= 11 is 0. The normalized spacial score (nSPS) is 17.9. The lowest BCUT2D eigenvalue weighted by Crippen LogP contribution is -2.19. The average molecular weight is 228 g/mol. The number of nitrogens with two attached hydrogens (primary N) is 1. The maximum atomic E-state index is 5.90. The highest BCUT2D eigenvalue weighted by atomic mass is 14.8. The van der Waals surface area contributed by atoms with Crippen molar-refractivity contribution >= 4 is 10.9 Å². The number of fused-ring (bicyclic) bond motifs is 1. The molecular weight excluding hydrogens is 208 g/mol. The van der Waals surface area contributed by atoms with E-state index >= 15 is 0 Å². The molecule has 3 N–H and O–H groups in total. The highest BCUT2D eigenvalue weighted by molar-refractivity contribution is 5.85. The van der Waals surface area contributed by atoms with Crippen LogP contribution in [0.3, 0.4) is 0 Å². The van der Waals surface area contributed by atoms with Crippen molar-refractivity contribution in [1.82, 2.24) is 4.98 Å². The second-order valence-electron chi connectivity index (χ2n) is 5.63. The number of hydrogen-bond acceptors (Lipinski definition) is 1. The monoisotopic (exact) mass is 228 g/mol. The van der Waals surface area contributed by atoms with Gasteiger partial charge in [0.15, 0.2) is 0 Å². The molecule has 0 radical (unpaired) electrons. The number of aromatic nitrogens is 1. The van der Waals surface area contributed by atoms with E-state index < -0.39 is 0 Å². The van der Waals surface area contributed by atoms with E-state index in [9.17, 15) is 0 Å². The molecule has 1 aliphatic rings. The van der Waals surface area contributed by atoms with Crippen LogP contribution in [0.2, 0.25) is 0 Å². The van der Waals surface area contributed by atoms with Crippen LogP contribution in [0.5, 0.6) is 0 Å². The highest BCUT2D eigenvalue weighted by Crippen LogP contribution is 2.47. The molecule has 1 fully saturated rings. The van der Waals surface area contributed by atoms with E-state index in [1.165, 1.54) is 35.0 Å². The first-order valence-electron chi connectivity index (χ1n) is 6.48. The van der Waals surface area contributed by atoms with Crippen LogP contribution in [0, 0.1) is 0 Å². The van der Waals surface area contributed by atoms with Crippen LogP contribution < -0.4 is 5.73 Å². The van der Waals surface area contributed by atoms with Crippen LogP contribution in [0.25, 0.3) is 10.9 Å². The quantitative estimate of drug-likeness (QED) is 0.831. The van der Waals surface area contributed by atoms with Crippen LogP contribution >= 0.6 is 0 Å². The summed E-state index contributed by atoms with van der Waals surface area (Å²) in [7, 11) is 0. The van der Waals surface area contributed by atoms with E-state index in [1.54, 1.807) is 0 Å². The first kappa shape index (κ1) is 10.8. The summed E-state index contributed by atoms with van der Waals surface area (Å²) in [5.74, 6) is 0.565. The summed E-state index contributed by atoms with van der Waals surface area (Å²) in [5, 5.41) is 1.37. The van der Waals surface area contributed by atoms with E-state index in [1.807, 2.05) is 0 Å². The predicted molar refractivity (Wildman–Crippen MR) is 72.4 cm³/mol. The Kier molecular flexibility index (Phi) is 2.30. The number of H-pyrrole nitrogens is 1. The van der Waals surface area contributed by atoms with Crippen molar-refractivity contribution in [2.24, 2.45) is 5.73 Å². The van der Waals surface area contributed by atoms with Gasteiger partial charge in [0.2, 0.25) is 0 Å². The van der Waals surface area contributed by atoms with Crippen molar-refractivity contribution < 1.29 is 0 Å². The first-order chi connectivity index (χ1) is 8.16. The zero-order chi connectivity index (χ0) is 12.0. The molecule has 17 heavy (non-hydrogen) atoms. The Morgan fingerprint density at radius 2 is 2.12 bits per heavy atom. The molecule has 0 unspecified atom stereocenters. The smallest absolute Gasteiger partial charge is 0.0459 e. The third-order valence-corrected chi connectivity index (χ3v) is 4.14. The molecule has 1 aliphatic carbocycles. The van der Waals surface area contributed by atoms with Gasteiger partial charge in [-0.25, -0.2) is 0 Å². The molecule has 0 aliphatic heterocycles. The fraction of sp³-hybridized carbons (Fsp3) is 0.467. The Morgan fingerprint density at radius 3 is 2.71 bits per heavy atom. The van der Waals surface area contributed by atoms with E-state index in [2.05, 4.69) is 43.1 Å².